The standard InChI is InChI=1S/C16H16ClN3O3S/c1-20(16(23)13-3-2-8-24-13)10-15(22)18-9-14(21)19-12-6-4-11(17)5-7-12/h2-8H,9-10H2,1H3,(H,18,22)(H,19,21). The van der Waals surface area contributed by atoms with Gasteiger partial charge >= 0.3 is 0 Å². The molecule has 1 heterocycles. The minimum absolute atomic E-state index is 0.120. The monoisotopic (exact) mass is 365 g/mol. The molecule has 3 amide bonds. The van der Waals surface area contributed by atoms with Crippen LogP contribution in [0.25, 0.3) is 0 Å². The summed E-state index contributed by atoms with van der Waals surface area (Å²) in [6.45, 7) is -0.298. The molecule has 24 heavy (non-hydrogen) atoms. The average Bonchev–Trinajstić information content (AvgIpc) is 3.09. The fourth-order valence-electron chi connectivity index (χ4n) is 1.85. The first-order valence-electron chi connectivity index (χ1n) is 7.07. The summed E-state index contributed by atoms with van der Waals surface area (Å²) >= 11 is 7.07. The van der Waals surface area contributed by atoms with Crippen molar-refractivity contribution in [3.05, 3.63) is 51.7 Å². The minimum Gasteiger partial charge on any atom is -0.345 e. The van der Waals surface area contributed by atoms with E-state index in [0.29, 0.717) is 15.6 Å². The van der Waals surface area contributed by atoms with Crippen LogP contribution >= 0.6 is 22.9 Å². The lowest BCUT2D eigenvalue weighted by Gasteiger charge is -2.15. The van der Waals surface area contributed by atoms with Gasteiger partial charge in [0.1, 0.15) is 0 Å². The zero-order chi connectivity index (χ0) is 17.5. The van der Waals surface area contributed by atoms with Crippen LogP contribution in [0.15, 0.2) is 41.8 Å². The van der Waals surface area contributed by atoms with Crippen LogP contribution in [0.4, 0.5) is 5.69 Å². The number of anilines is 1. The molecule has 126 valence electrons. The molecular weight excluding hydrogens is 350 g/mol. The lowest BCUT2D eigenvalue weighted by atomic mass is 10.3. The van der Waals surface area contributed by atoms with E-state index in [-0.39, 0.29) is 24.9 Å². The molecule has 0 aliphatic rings. The quantitative estimate of drug-likeness (QED) is 0.824. The summed E-state index contributed by atoms with van der Waals surface area (Å²) < 4.78 is 0. The topological polar surface area (TPSA) is 78.5 Å². The molecule has 0 unspecified atom stereocenters. The highest BCUT2D eigenvalue weighted by atomic mass is 35.5. The Balaban J connectivity index is 1.75. The molecule has 1 aromatic heterocycles. The molecule has 0 saturated carbocycles. The smallest absolute Gasteiger partial charge is 0.264 e. The SMILES string of the molecule is CN(CC(=O)NCC(=O)Nc1ccc(Cl)cc1)C(=O)c1cccs1. The maximum Gasteiger partial charge on any atom is 0.264 e. The van der Waals surface area contributed by atoms with E-state index in [1.165, 1.54) is 23.3 Å². The van der Waals surface area contributed by atoms with Crippen LogP contribution in [-0.2, 0) is 9.59 Å². The van der Waals surface area contributed by atoms with Gasteiger partial charge in [0, 0.05) is 17.8 Å². The second-order valence-corrected chi connectivity index (χ2v) is 6.35. The van der Waals surface area contributed by atoms with Crippen LogP contribution in [0.1, 0.15) is 9.67 Å². The average molecular weight is 366 g/mol. The molecule has 2 rings (SSSR count). The molecular formula is C16H16ClN3O3S. The van der Waals surface area contributed by atoms with Gasteiger partial charge in [-0.15, -0.1) is 11.3 Å². The number of hydrogen-bond donors (Lipinski definition) is 2. The normalized spacial score (nSPS) is 10.1. The molecule has 0 bridgehead atoms. The maximum atomic E-state index is 12.0. The third-order valence-electron chi connectivity index (χ3n) is 3.03. The first kappa shape index (κ1) is 18.0. The molecule has 0 saturated heterocycles. The predicted octanol–water partition coefficient (Wildman–Crippen LogP) is 2.23. The van der Waals surface area contributed by atoms with Crippen LogP contribution in [-0.4, -0.2) is 42.8 Å². The van der Waals surface area contributed by atoms with Gasteiger partial charge in [0.05, 0.1) is 18.0 Å². The number of carbonyl (C=O) groups excluding carboxylic acids is 3. The van der Waals surface area contributed by atoms with Gasteiger partial charge in [0.25, 0.3) is 5.91 Å². The van der Waals surface area contributed by atoms with Gasteiger partial charge in [-0.3, -0.25) is 14.4 Å². The highest BCUT2D eigenvalue weighted by Gasteiger charge is 2.16. The fraction of sp³-hybridized carbons (Fsp3) is 0.188. The zero-order valence-corrected chi connectivity index (χ0v) is 14.5. The summed E-state index contributed by atoms with van der Waals surface area (Å²) in [6, 6.07) is 10.1. The van der Waals surface area contributed by atoms with Crippen molar-refractivity contribution in [2.75, 3.05) is 25.5 Å². The van der Waals surface area contributed by atoms with Crippen molar-refractivity contribution in [3.8, 4) is 0 Å². The lowest BCUT2D eigenvalue weighted by Crippen LogP contribution is -2.41. The Morgan fingerprint density at radius 1 is 1.12 bits per heavy atom. The van der Waals surface area contributed by atoms with E-state index in [1.54, 1.807) is 41.8 Å². The summed E-state index contributed by atoms with van der Waals surface area (Å²) in [4.78, 5) is 37.5. The van der Waals surface area contributed by atoms with Gasteiger partial charge < -0.3 is 15.5 Å². The molecule has 0 atom stereocenters. The molecule has 8 heteroatoms. The Hall–Kier alpha value is -2.38. The molecule has 0 fully saturated rings. The Morgan fingerprint density at radius 2 is 1.83 bits per heavy atom. The molecule has 6 nitrogen and oxygen atoms in total. The van der Waals surface area contributed by atoms with E-state index in [4.69, 9.17) is 11.6 Å². The van der Waals surface area contributed by atoms with E-state index in [1.807, 2.05) is 0 Å². The van der Waals surface area contributed by atoms with Crippen LogP contribution in [0.5, 0.6) is 0 Å². The second kappa shape index (κ2) is 8.47. The number of benzene rings is 1. The summed E-state index contributed by atoms with van der Waals surface area (Å²) in [5.74, 6) is -1.00. The summed E-state index contributed by atoms with van der Waals surface area (Å²) in [7, 11) is 1.54. The first-order valence-corrected chi connectivity index (χ1v) is 8.32. The number of halogens is 1. The van der Waals surface area contributed by atoms with E-state index < -0.39 is 5.91 Å². The van der Waals surface area contributed by atoms with Crippen LogP contribution in [0.3, 0.4) is 0 Å². The summed E-state index contributed by atoms with van der Waals surface area (Å²) in [6.07, 6.45) is 0. The summed E-state index contributed by atoms with van der Waals surface area (Å²) in [5, 5.41) is 7.47. The maximum absolute atomic E-state index is 12.0. The predicted molar refractivity (Wildman–Crippen MR) is 94.4 cm³/mol. The number of amides is 3. The van der Waals surface area contributed by atoms with Crippen LogP contribution in [0, 0.1) is 0 Å². The van der Waals surface area contributed by atoms with Gasteiger partial charge in [-0.2, -0.15) is 0 Å². The molecule has 0 aliphatic carbocycles. The Bertz CT molecular complexity index is 717. The first-order chi connectivity index (χ1) is 11.5. The Morgan fingerprint density at radius 3 is 2.46 bits per heavy atom. The van der Waals surface area contributed by atoms with Crippen molar-refractivity contribution in [1.29, 1.82) is 0 Å². The second-order valence-electron chi connectivity index (χ2n) is 4.97. The van der Waals surface area contributed by atoms with Gasteiger partial charge in [0.15, 0.2) is 0 Å². The van der Waals surface area contributed by atoms with E-state index in [9.17, 15) is 14.4 Å². The number of carbonyl (C=O) groups is 3. The zero-order valence-electron chi connectivity index (χ0n) is 12.9. The van der Waals surface area contributed by atoms with Crippen molar-refractivity contribution >= 4 is 46.3 Å². The Kier molecular flexibility index (Phi) is 6.34. The number of rotatable bonds is 6. The van der Waals surface area contributed by atoms with Gasteiger partial charge in [-0.1, -0.05) is 17.7 Å². The Labute approximate surface area is 148 Å². The van der Waals surface area contributed by atoms with Crippen molar-refractivity contribution < 1.29 is 14.4 Å². The number of hydrogen-bond acceptors (Lipinski definition) is 4. The van der Waals surface area contributed by atoms with Crippen molar-refractivity contribution in [3.63, 3.8) is 0 Å². The van der Waals surface area contributed by atoms with E-state index >= 15 is 0 Å². The molecule has 0 radical (unpaired) electrons. The minimum atomic E-state index is -0.409. The highest BCUT2D eigenvalue weighted by molar-refractivity contribution is 7.12. The van der Waals surface area contributed by atoms with Crippen molar-refractivity contribution in [1.82, 2.24) is 10.2 Å². The fourth-order valence-corrected chi connectivity index (χ4v) is 2.69. The van der Waals surface area contributed by atoms with Crippen LogP contribution < -0.4 is 10.6 Å². The third-order valence-corrected chi connectivity index (χ3v) is 4.14. The molecule has 0 aliphatic heterocycles. The highest BCUT2D eigenvalue weighted by Crippen LogP contribution is 2.13. The van der Waals surface area contributed by atoms with Crippen LogP contribution in [0.2, 0.25) is 5.02 Å². The van der Waals surface area contributed by atoms with E-state index in [0.717, 1.165) is 0 Å². The van der Waals surface area contributed by atoms with Gasteiger partial charge in [-0.25, -0.2) is 0 Å². The van der Waals surface area contributed by atoms with Gasteiger partial charge in [0.2, 0.25) is 11.8 Å². The molecule has 0 spiro atoms. The summed E-state index contributed by atoms with van der Waals surface area (Å²) in [5.41, 5.74) is 0.587. The van der Waals surface area contributed by atoms with Crippen molar-refractivity contribution in [2.45, 2.75) is 0 Å². The number of nitrogens with one attached hydrogen (secondary N) is 2. The third kappa shape index (κ3) is 5.36. The number of thiophene rings is 1. The van der Waals surface area contributed by atoms with Gasteiger partial charge in [-0.05, 0) is 35.7 Å². The largest absolute Gasteiger partial charge is 0.345 e. The number of likely N-dealkylation sites (N-methyl/N-ethyl adjacent to an activating group) is 1. The number of nitrogens with zero attached hydrogens (tertiary/aromatic N) is 1. The van der Waals surface area contributed by atoms with Crippen molar-refractivity contribution in [2.24, 2.45) is 0 Å². The molecule has 2 N–H and O–H groups in total. The van der Waals surface area contributed by atoms with E-state index in [2.05, 4.69) is 10.6 Å². The molecule has 2 aromatic rings. The molecule has 1 aromatic carbocycles. The lowest BCUT2D eigenvalue weighted by molar-refractivity contribution is -0.124.